The Labute approximate surface area is 115 Å². The number of nitrogens with one attached hydrogen (secondary N) is 1. The summed E-state index contributed by atoms with van der Waals surface area (Å²) in [7, 11) is 0. The largest absolute Gasteiger partial charge is 0.271 e. The predicted octanol–water partition coefficient (Wildman–Crippen LogP) is 3.60. The Morgan fingerprint density at radius 1 is 1.44 bits per heavy atom. The lowest BCUT2D eigenvalue weighted by Gasteiger charge is -2.17. The van der Waals surface area contributed by atoms with Gasteiger partial charge in [0.25, 0.3) is 0 Å². The zero-order chi connectivity index (χ0) is 13.1. The van der Waals surface area contributed by atoms with E-state index in [0.717, 1.165) is 11.1 Å². The van der Waals surface area contributed by atoms with Crippen LogP contribution in [0.25, 0.3) is 0 Å². The van der Waals surface area contributed by atoms with Gasteiger partial charge in [0.2, 0.25) is 0 Å². The molecule has 0 saturated carbocycles. The van der Waals surface area contributed by atoms with Crippen molar-refractivity contribution in [3.8, 4) is 0 Å². The van der Waals surface area contributed by atoms with Crippen molar-refractivity contribution in [1.29, 1.82) is 0 Å². The van der Waals surface area contributed by atoms with Crippen LogP contribution in [-0.4, -0.2) is 0 Å². The van der Waals surface area contributed by atoms with E-state index in [1.807, 2.05) is 6.92 Å². The van der Waals surface area contributed by atoms with Gasteiger partial charge in [-0.3, -0.25) is 11.3 Å². The van der Waals surface area contributed by atoms with Crippen molar-refractivity contribution < 1.29 is 4.39 Å². The minimum Gasteiger partial charge on any atom is -0.271 e. The van der Waals surface area contributed by atoms with Gasteiger partial charge in [-0.15, -0.1) is 0 Å². The van der Waals surface area contributed by atoms with Gasteiger partial charge in [0, 0.05) is 5.02 Å². The summed E-state index contributed by atoms with van der Waals surface area (Å²) < 4.78 is 13.0. The van der Waals surface area contributed by atoms with Gasteiger partial charge >= 0.3 is 0 Å². The SMILES string of the molecule is Cc1cscc1C(Cc1ccc(F)cc1Cl)NN. The lowest BCUT2D eigenvalue weighted by Crippen LogP contribution is -2.29. The summed E-state index contributed by atoms with van der Waals surface area (Å²) in [5, 5.41) is 4.58. The summed E-state index contributed by atoms with van der Waals surface area (Å²) in [5.74, 6) is 5.27. The van der Waals surface area contributed by atoms with Crippen molar-refractivity contribution in [3.63, 3.8) is 0 Å². The second-order valence-electron chi connectivity index (χ2n) is 4.17. The van der Waals surface area contributed by atoms with Crippen molar-refractivity contribution in [3.05, 3.63) is 56.5 Å². The summed E-state index contributed by atoms with van der Waals surface area (Å²) in [5.41, 5.74) is 6.02. The van der Waals surface area contributed by atoms with E-state index >= 15 is 0 Å². The number of thiophene rings is 1. The van der Waals surface area contributed by atoms with Crippen molar-refractivity contribution in [2.24, 2.45) is 5.84 Å². The number of hydrogen-bond donors (Lipinski definition) is 2. The smallest absolute Gasteiger partial charge is 0.124 e. The van der Waals surface area contributed by atoms with Crippen LogP contribution >= 0.6 is 22.9 Å². The van der Waals surface area contributed by atoms with Gasteiger partial charge in [-0.05, 0) is 52.9 Å². The maximum Gasteiger partial charge on any atom is 0.124 e. The molecule has 1 unspecified atom stereocenters. The quantitative estimate of drug-likeness (QED) is 0.665. The van der Waals surface area contributed by atoms with Crippen LogP contribution in [0.3, 0.4) is 0 Å². The molecule has 0 aliphatic heterocycles. The Hall–Kier alpha value is -0.940. The van der Waals surface area contributed by atoms with Crippen LogP contribution in [0, 0.1) is 12.7 Å². The molecule has 2 nitrogen and oxygen atoms in total. The first kappa shape index (κ1) is 13.5. The molecule has 2 rings (SSSR count). The van der Waals surface area contributed by atoms with Gasteiger partial charge in [-0.2, -0.15) is 11.3 Å². The van der Waals surface area contributed by atoms with Crippen LogP contribution in [0.4, 0.5) is 4.39 Å². The van der Waals surface area contributed by atoms with Crippen molar-refractivity contribution in [2.45, 2.75) is 19.4 Å². The number of benzene rings is 1. The molecule has 5 heteroatoms. The molecule has 2 aromatic rings. The highest BCUT2D eigenvalue weighted by molar-refractivity contribution is 7.08. The minimum atomic E-state index is -0.326. The molecule has 3 N–H and O–H groups in total. The number of aryl methyl sites for hydroxylation is 1. The average Bonchev–Trinajstić information content (AvgIpc) is 2.75. The summed E-state index contributed by atoms with van der Waals surface area (Å²) >= 11 is 7.66. The van der Waals surface area contributed by atoms with Crippen LogP contribution in [0.1, 0.15) is 22.7 Å². The standard InChI is InChI=1S/C13H14ClFN2S/c1-8-6-18-7-11(8)13(17-16)4-9-2-3-10(15)5-12(9)14/h2-3,5-7,13,17H,4,16H2,1H3. The normalized spacial score (nSPS) is 12.7. The Bertz CT molecular complexity index is 542. The Morgan fingerprint density at radius 2 is 2.22 bits per heavy atom. The Balaban J connectivity index is 2.23. The van der Waals surface area contributed by atoms with Gasteiger partial charge in [0.1, 0.15) is 5.82 Å². The molecule has 0 amide bonds. The van der Waals surface area contributed by atoms with E-state index in [1.54, 1.807) is 17.4 Å². The first-order chi connectivity index (χ1) is 8.61. The fourth-order valence-electron chi connectivity index (χ4n) is 1.89. The number of rotatable bonds is 4. The molecular weight excluding hydrogens is 271 g/mol. The van der Waals surface area contributed by atoms with Crippen LogP contribution in [0.2, 0.25) is 5.02 Å². The fourth-order valence-corrected chi connectivity index (χ4v) is 3.04. The molecule has 1 aromatic carbocycles. The lowest BCUT2D eigenvalue weighted by molar-refractivity contribution is 0.550. The van der Waals surface area contributed by atoms with E-state index in [0.29, 0.717) is 11.4 Å². The molecule has 0 saturated heterocycles. The van der Waals surface area contributed by atoms with E-state index in [9.17, 15) is 4.39 Å². The van der Waals surface area contributed by atoms with E-state index in [1.165, 1.54) is 17.7 Å². The number of hydrogen-bond acceptors (Lipinski definition) is 3. The molecule has 1 aromatic heterocycles. The van der Waals surface area contributed by atoms with Crippen LogP contribution in [-0.2, 0) is 6.42 Å². The molecule has 1 atom stereocenters. The molecule has 96 valence electrons. The van der Waals surface area contributed by atoms with Crippen molar-refractivity contribution in [2.75, 3.05) is 0 Å². The highest BCUT2D eigenvalue weighted by Crippen LogP contribution is 2.27. The summed E-state index contributed by atoms with van der Waals surface area (Å²) in [6.07, 6.45) is 0.632. The van der Waals surface area contributed by atoms with Crippen molar-refractivity contribution in [1.82, 2.24) is 5.43 Å². The van der Waals surface area contributed by atoms with Gasteiger partial charge in [-0.1, -0.05) is 17.7 Å². The number of hydrazine groups is 1. The molecule has 0 aliphatic rings. The summed E-state index contributed by atoms with van der Waals surface area (Å²) in [6.45, 7) is 2.04. The second kappa shape index (κ2) is 5.80. The zero-order valence-electron chi connectivity index (χ0n) is 9.91. The van der Waals surface area contributed by atoms with Crippen molar-refractivity contribution >= 4 is 22.9 Å². The molecule has 18 heavy (non-hydrogen) atoms. The van der Waals surface area contributed by atoms with Crippen LogP contribution in [0.15, 0.2) is 29.0 Å². The van der Waals surface area contributed by atoms with Gasteiger partial charge in [0.05, 0.1) is 6.04 Å². The lowest BCUT2D eigenvalue weighted by atomic mass is 9.99. The number of halogens is 2. The fraction of sp³-hybridized carbons (Fsp3) is 0.231. The third-order valence-corrected chi connectivity index (χ3v) is 4.14. The van der Waals surface area contributed by atoms with E-state index < -0.39 is 0 Å². The van der Waals surface area contributed by atoms with Crippen LogP contribution < -0.4 is 11.3 Å². The van der Waals surface area contributed by atoms with Gasteiger partial charge in [-0.25, -0.2) is 4.39 Å². The minimum absolute atomic E-state index is 0.0146. The number of nitrogens with two attached hydrogens (primary N) is 1. The first-order valence-corrected chi connectivity index (χ1v) is 6.86. The maximum atomic E-state index is 13.0. The van der Waals surface area contributed by atoms with Gasteiger partial charge < -0.3 is 0 Å². The Morgan fingerprint density at radius 3 is 2.78 bits per heavy atom. The van der Waals surface area contributed by atoms with E-state index in [4.69, 9.17) is 17.4 Å². The maximum absolute atomic E-state index is 13.0. The van der Waals surface area contributed by atoms with E-state index in [2.05, 4.69) is 16.2 Å². The predicted molar refractivity (Wildman–Crippen MR) is 74.2 cm³/mol. The summed E-state index contributed by atoms with van der Waals surface area (Å²) in [4.78, 5) is 0. The molecule has 0 spiro atoms. The zero-order valence-corrected chi connectivity index (χ0v) is 11.5. The summed E-state index contributed by atoms with van der Waals surface area (Å²) in [6, 6.07) is 4.42. The average molecular weight is 285 g/mol. The molecular formula is C13H14ClFN2S. The highest BCUT2D eigenvalue weighted by atomic mass is 35.5. The first-order valence-electron chi connectivity index (χ1n) is 5.54. The van der Waals surface area contributed by atoms with Crippen LogP contribution in [0.5, 0.6) is 0 Å². The highest BCUT2D eigenvalue weighted by Gasteiger charge is 2.15. The molecule has 0 aliphatic carbocycles. The molecule has 0 fully saturated rings. The Kier molecular flexibility index (Phi) is 4.35. The molecule has 0 radical (unpaired) electrons. The van der Waals surface area contributed by atoms with E-state index in [-0.39, 0.29) is 11.9 Å². The molecule has 1 heterocycles. The topological polar surface area (TPSA) is 38.0 Å². The third-order valence-electron chi connectivity index (χ3n) is 2.91. The third kappa shape index (κ3) is 2.90. The molecule has 0 bridgehead atoms. The second-order valence-corrected chi connectivity index (χ2v) is 5.32. The monoisotopic (exact) mass is 284 g/mol. The van der Waals surface area contributed by atoms with Gasteiger partial charge in [0.15, 0.2) is 0 Å².